The maximum atomic E-state index is 12.8. The number of hydrogen-bond donors (Lipinski definition) is 1. The predicted octanol–water partition coefficient (Wildman–Crippen LogP) is 1.49. The van der Waals surface area contributed by atoms with Crippen molar-refractivity contribution in [2.75, 3.05) is 13.2 Å². The molecule has 5 nitrogen and oxygen atoms in total. The topological polar surface area (TPSA) is 58.6 Å². The number of hydrogen-bond acceptors (Lipinski definition) is 3. The zero-order chi connectivity index (χ0) is 16.8. The Labute approximate surface area is 130 Å². The zero-order valence-corrected chi connectivity index (χ0v) is 12.3. The number of carbonyl (C=O) groups is 2. The second kappa shape index (κ2) is 5.52. The summed E-state index contributed by atoms with van der Waals surface area (Å²) in [5.74, 6) is -0.831. The number of benzene rings is 1. The molecular formula is C15H15F3N2O3. The van der Waals surface area contributed by atoms with Gasteiger partial charge in [0.05, 0.1) is 18.3 Å². The Balaban J connectivity index is 1.91. The molecule has 1 N–H and O–H groups in total. The molecule has 0 aliphatic carbocycles. The minimum absolute atomic E-state index is 0.0913. The number of alkyl halides is 3. The fourth-order valence-corrected chi connectivity index (χ4v) is 2.85. The summed E-state index contributed by atoms with van der Waals surface area (Å²) in [4.78, 5) is 26.1. The van der Waals surface area contributed by atoms with Gasteiger partial charge in [0.1, 0.15) is 12.1 Å². The van der Waals surface area contributed by atoms with Crippen LogP contribution >= 0.6 is 0 Å². The normalized spacial score (nSPS) is 28.3. The first-order valence-corrected chi connectivity index (χ1v) is 7.17. The molecule has 2 aliphatic rings. The van der Waals surface area contributed by atoms with Crippen molar-refractivity contribution in [3.05, 3.63) is 35.4 Å². The number of ether oxygens (including phenoxy) is 1. The molecule has 2 fully saturated rings. The van der Waals surface area contributed by atoms with Gasteiger partial charge < -0.3 is 15.0 Å². The molecule has 2 saturated heterocycles. The number of fused-ring (bicyclic) bond motifs is 1. The van der Waals surface area contributed by atoms with Gasteiger partial charge in [-0.3, -0.25) is 9.59 Å². The van der Waals surface area contributed by atoms with Crippen molar-refractivity contribution in [2.24, 2.45) is 0 Å². The Morgan fingerprint density at radius 2 is 2.04 bits per heavy atom. The van der Waals surface area contributed by atoms with Crippen molar-refractivity contribution in [3.63, 3.8) is 0 Å². The highest BCUT2D eigenvalue weighted by molar-refractivity contribution is 5.97. The highest BCUT2D eigenvalue weighted by Crippen LogP contribution is 2.32. The van der Waals surface area contributed by atoms with Gasteiger partial charge in [0.2, 0.25) is 5.91 Å². The Hall–Kier alpha value is -2.09. The highest BCUT2D eigenvalue weighted by atomic mass is 19.4. The summed E-state index contributed by atoms with van der Waals surface area (Å²) in [5.41, 5.74) is -0.731. The van der Waals surface area contributed by atoms with E-state index in [9.17, 15) is 22.8 Å². The first-order valence-electron chi connectivity index (χ1n) is 7.17. The number of halogens is 3. The Morgan fingerprint density at radius 3 is 2.74 bits per heavy atom. The minimum atomic E-state index is -4.51. The summed E-state index contributed by atoms with van der Waals surface area (Å²) in [5, 5.41) is 2.50. The second-order valence-electron chi connectivity index (χ2n) is 5.72. The molecule has 1 unspecified atom stereocenters. The van der Waals surface area contributed by atoms with Crippen molar-refractivity contribution in [2.45, 2.75) is 31.3 Å². The van der Waals surface area contributed by atoms with Crippen LogP contribution in [0.15, 0.2) is 24.3 Å². The fourth-order valence-electron chi connectivity index (χ4n) is 2.85. The Morgan fingerprint density at radius 1 is 1.30 bits per heavy atom. The van der Waals surface area contributed by atoms with Crippen molar-refractivity contribution in [1.82, 2.24) is 10.2 Å². The molecule has 0 spiro atoms. The van der Waals surface area contributed by atoms with Crippen molar-refractivity contribution in [1.29, 1.82) is 0 Å². The van der Waals surface area contributed by atoms with Crippen LogP contribution in [0, 0.1) is 0 Å². The van der Waals surface area contributed by atoms with Crippen LogP contribution in [0.5, 0.6) is 0 Å². The lowest BCUT2D eigenvalue weighted by Gasteiger charge is -2.43. The van der Waals surface area contributed by atoms with E-state index in [0.29, 0.717) is 0 Å². The van der Waals surface area contributed by atoms with Gasteiger partial charge in [-0.05, 0) is 24.6 Å². The molecule has 0 saturated carbocycles. The molecule has 3 atom stereocenters. The van der Waals surface area contributed by atoms with E-state index >= 15 is 0 Å². The van der Waals surface area contributed by atoms with Crippen LogP contribution in [0.1, 0.15) is 24.1 Å². The first-order chi connectivity index (χ1) is 10.8. The van der Waals surface area contributed by atoms with Gasteiger partial charge >= 0.3 is 6.18 Å². The van der Waals surface area contributed by atoms with E-state index in [2.05, 4.69) is 5.32 Å². The van der Waals surface area contributed by atoms with Gasteiger partial charge in [-0.2, -0.15) is 13.2 Å². The number of carbonyl (C=O) groups excluding carboxylic acids is 2. The molecule has 23 heavy (non-hydrogen) atoms. The van der Waals surface area contributed by atoms with Crippen LogP contribution in [-0.4, -0.2) is 42.0 Å². The van der Waals surface area contributed by atoms with Gasteiger partial charge in [0.15, 0.2) is 0 Å². The van der Waals surface area contributed by atoms with Crippen LogP contribution in [0.4, 0.5) is 13.2 Å². The van der Waals surface area contributed by atoms with Crippen LogP contribution in [-0.2, 0) is 20.5 Å². The molecule has 2 amide bonds. The summed E-state index contributed by atoms with van der Waals surface area (Å²) >= 11 is 0. The number of nitrogens with one attached hydrogen (secondary N) is 1. The van der Waals surface area contributed by atoms with Crippen molar-refractivity contribution >= 4 is 11.8 Å². The average molecular weight is 328 g/mol. The molecule has 2 heterocycles. The third kappa shape index (κ3) is 2.90. The first kappa shape index (κ1) is 15.8. The van der Waals surface area contributed by atoms with E-state index in [1.165, 1.54) is 17.0 Å². The van der Waals surface area contributed by atoms with E-state index in [1.807, 2.05) is 0 Å². The number of morpholine rings is 1. The van der Waals surface area contributed by atoms with Gasteiger partial charge in [0, 0.05) is 6.54 Å². The van der Waals surface area contributed by atoms with E-state index in [0.717, 1.165) is 12.1 Å². The van der Waals surface area contributed by atoms with Crippen LogP contribution in [0.25, 0.3) is 0 Å². The predicted molar refractivity (Wildman–Crippen MR) is 73.2 cm³/mol. The quantitative estimate of drug-likeness (QED) is 0.850. The Kier molecular flexibility index (Phi) is 3.79. The molecule has 2 aliphatic heterocycles. The average Bonchev–Trinajstić information content (AvgIpc) is 2.50. The molecule has 1 aromatic carbocycles. The molecule has 8 heteroatoms. The molecule has 1 aromatic rings. The molecule has 124 valence electrons. The van der Waals surface area contributed by atoms with E-state index in [1.54, 1.807) is 6.92 Å². The lowest BCUT2D eigenvalue weighted by Crippen LogP contribution is -2.64. The summed E-state index contributed by atoms with van der Waals surface area (Å²) in [6, 6.07) is 2.63. The summed E-state index contributed by atoms with van der Waals surface area (Å²) in [6.07, 6.45) is -4.73. The van der Waals surface area contributed by atoms with Crippen LogP contribution < -0.4 is 5.32 Å². The fraction of sp³-hybridized carbons (Fsp3) is 0.467. The van der Waals surface area contributed by atoms with E-state index in [4.69, 9.17) is 4.74 Å². The molecule has 0 bridgehead atoms. The summed E-state index contributed by atoms with van der Waals surface area (Å²) in [7, 11) is 0. The maximum absolute atomic E-state index is 12.8. The molecule has 0 radical (unpaired) electrons. The summed E-state index contributed by atoms with van der Waals surface area (Å²) in [6.45, 7) is 2.11. The highest BCUT2D eigenvalue weighted by Gasteiger charge is 2.44. The lowest BCUT2D eigenvalue weighted by atomic mass is 9.97. The van der Waals surface area contributed by atoms with Gasteiger partial charge in [0.25, 0.3) is 5.91 Å². The van der Waals surface area contributed by atoms with Gasteiger partial charge in [-0.15, -0.1) is 0 Å². The van der Waals surface area contributed by atoms with Crippen LogP contribution in [0.2, 0.25) is 0 Å². The van der Waals surface area contributed by atoms with E-state index < -0.39 is 35.6 Å². The molecule has 3 rings (SSSR count). The smallest absolute Gasteiger partial charge is 0.374 e. The summed E-state index contributed by atoms with van der Waals surface area (Å²) < 4.78 is 43.9. The lowest BCUT2D eigenvalue weighted by molar-refractivity contribution is -0.162. The van der Waals surface area contributed by atoms with Crippen molar-refractivity contribution in [3.8, 4) is 0 Å². The standard InChI is InChI=1S/C15H15F3N2O3/c1-8-6-20-11(7-23-8)13(21)19-12(14(20)22)9-3-2-4-10(5-9)15(16,17)18/h2-5,8,11-12H,6-7H2,1H3,(H,19,21)/t8-,11-,12?/m0/s1. The van der Waals surface area contributed by atoms with Gasteiger partial charge in [-0.25, -0.2) is 0 Å². The SMILES string of the molecule is C[C@H]1CN2C(=O)C(c3cccc(C(F)(F)F)c3)NC(=O)[C@@H]2CO1. The third-order valence-electron chi connectivity index (χ3n) is 4.04. The van der Waals surface area contributed by atoms with E-state index in [-0.39, 0.29) is 24.8 Å². The third-order valence-corrected chi connectivity index (χ3v) is 4.04. The zero-order valence-electron chi connectivity index (χ0n) is 12.3. The minimum Gasteiger partial charge on any atom is -0.374 e. The maximum Gasteiger partial charge on any atom is 0.416 e. The van der Waals surface area contributed by atoms with Crippen LogP contribution in [0.3, 0.4) is 0 Å². The monoisotopic (exact) mass is 328 g/mol. The number of rotatable bonds is 1. The number of nitrogens with zero attached hydrogens (tertiary/aromatic N) is 1. The largest absolute Gasteiger partial charge is 0.416 e. The molecule has 0 aromatic heterocycles. The number of amides is 2. The van der Waals surface area contributed by atoms with Gasteiger partial charge in [-0.1, -0.05) is 12.1 Å². The second-order valence-corrected chi connectivity index (χ2v) is 5.72. The van der Waals surface area contributed by atoms with Crippen molar-refractivity contribution < 1.29 is 27.5 Å². The molecular weight excluding hydrogens is 313 g/mol. The number of piperazine rings is 1. The Bertz CT molecular complexity index is 647.